The van der Waals surface area contributed by atoms with Crippen LogP contribution in [0.4, 0.5) is 5.69 Å². The van der Waals surface area contributed by atoms with Gasteiger partial charge in [-0.25, -0.2) is 0 Å². The predicted octanol–water partition coefficient (Wildman–Crippen LogP) is 5.22. The molecule has 2 amide bonds. The molecule has 0 bridgehead atoms. The number of fused-ring (bicyclic) bond motifs is 1. The lowest BCUT2D eigenvalue weighted by Crippen LogP contribution is -2.44. The van der Waals surface area contributed by atoms with E-state index in [0.717, 1.165) is 40.4 Å². The topological polar surface area (TPSA) is 49.4 Å². The van der Waals surface area contributed by atoms with Gasteiger partial charge in [0, 0.05) is 23.8 Å². The molecular weight excluding hydrogens is 396 g/mol. The molecule has 30 heavy (non-hydrogen) atoms. The van der Waals surface area contributed by atoms with E-state index in [2.05, 4.69) is 23.5 Å². The van der Waals surface area contributed by atoms with Crippen molar-refractivity contribution in [3.8, 4) is 0 Å². The Morgan fingerprint density at radius 1 is 1.07 bits per heavy atom. The number of nitrogens with one attached hydrogen (secondary N) is 1. The normalized spacial score (nSPS) is 16.5. The summed E-state index contributed by atoms with van der Waals surface area (Å²) >= 11 is 6.16. The van der Waals surface area contributed by atoms with E-state index in [9.17, 15) is 9.59 Å². The second-order valence-electron chi connectivity index (χ2n) is 7.90. The van der Waals surface area contributed by atoms with Crippen LogP contribution >= 0.6 is 11.6 Å². The Hall–Kier alpha value is -2.85. The maximum absolute atomic E-state index is 13.0. The summed E-state index contributed by atoms with van der Waals surface area (Å²) in [6.07, 6.45) is 1.96. The summed E-state index contributed by atoms with van der Waals surface area (Å²) in [5.41, 5.74) is 2.61. The molecule has 1 heterocycles. The minimum Gasteiger partial charge on any atom is -0.342 e. The summed E-state index contributed by atoms with van der Waals surface area (Å²) < 4.78 is 0. The highest BCUT2D eigenvalue weighted by Crippen LogP contribution is 2.26. The molecule has 4 nitrogen and oxygen atoms in total. The summed E-state index contributed by atoms with van der Waals surface area (Å²) in [6.45, 7) is 3.04. The number of carbonyl (C=O) groups excluding carboxylic acids is 2. The monoisotopic (exact) mass is 420 g/mol. The fraction of sp³-hybridized carbons (Fsp3) is 0.280. The van der Waals surface area contributed by atoms with Crippen molar-refractivity contribution in [3.63, 3.8) is 0 Å². The molecule has 4 rings (SSSR count). The van der Waals surface area contributed by atoms with Crippen molar-refractivity contribution in [2.45, 2.75) is 26.2 Å². The number of anilines is 1. The van der Waals surface area contributed by atoms with Gasteiger partial charge in [0.2, 0.25) is 11.8 Å². The molecule has 1 aliphatic rings. The van der Waals surface area contributed by atoms with E-state index < -0.39 is 0 Å². The van der Waals surface area contributed by atoms with Crippen molar-refractivity contribution in [1.29, 1.82) is 0 Å². The van der Waals surface area contributed by atoms with Crippen LogP contribution in [0.3, 0.4) is 0 Å². The van der Waals surface area contributed by atoms with Crippen LogP contribution in [0.1, 0.15) is 24.0 Å². The minimum absolute atomic E-state index is 0.0528. The van der Waals surface area contributed by atoms with Gasteiger partial charge in [0.1, 0.15) is 0 Å². The largest absolute Gasteiger partial charge is 0.342 e. The quantitative estimate of drug-likeness (QED) is 0.628. The third kappa shape index (κ3) is 4.34. The van der Waals surface area contributed by atoms with Crippen molar-refractivity contribution in [1.82, 2.24) is 4.90 Å². The van der Waals surface area contributed by atoms with E-state index >= 15 is 0 Å². The van der Waals surface area contributed by atoms with Gasteiger partial charge in [-0.15, -0.1) is 0 Å². The first-order valence-corrected chi connectivity index (χ1v) is 10.7. The fourth-order valence-corrected chi connectivity index (χ4v) is 4.29. The summed E-state index contributed by atoms with van der Waals surface area (Å²) in [6, 6.07) is 19.7. The smallest absolute Gasteiger partial charge is 0.229 e. The maximum Gasteiger partial charge on any atom is 0.229 e. The van der Waals surface area contributed by atoms with Crippen LogP contribution in [0.5, 0.6) is 0 Å². The number of halogens is 1. The van der Waals surface area contributed by atoms with E-state index in [-0.39, 0.29) is 17.7 Å². The molecule has 5 heteroatoms. The van der Waals surface area contributed by atoms with Crippen LogP contribution in [0.2, 0.25) is 5.02 Å². The van der Waals surface area contributed by atoms with Gasteiger partial charge in [-0.2, -0.15) is 0 Å². The third-order valence-corrected chi connectivity index (χ3v) is 6.30. The fourth-order valence-electron chi connectivity index (χ4n) is 4.12. The number of hydrogen-bond donors (Lipinski definition) is 1. The van der Waals surface area contributed by atoms with E-state index in [4.69, 9.17) is 11.6 Å². The van der Waals surface area contributed by atoms with E-state index in [0.29, 0.717) is 24.5 Å². The highest BCUT2D eigenvalue weighted by molar-refractivity contribution is 6.31. The van der Waals surface area contributed by atoms with Gasteiger partial charge < -0.3 is 10.2 Å². The van der Waals surface area contributed by atoms with Gasteiger partial charge >= 0.3 is 0 Å². The van der Waals surface area contributed by atoms with E-state index in [1.165, 1.54) is 0 Å². The van der Waals surface area contributed by atoms with Gasteiger partial charge in [-0.3, -0.25) is 9.59 Å². The number of amides is 2. The maximum atomic E-state index is 13.0. The van der Waals surface area contributed by atoms with Crippen molar-refractivity contribution in [3.05, 3.63) is 76.8 Å². The zero-order valence-electron chi connectivity index (χ0n) is 17.0. The van der Waals surface area contributed by atoms with Gasteiger partial charge in [-0.05, 0) is 53.8 Å². The van der Waals surface area contributed by atoms with Crippen molar-refractivity contribution >= 4 is 39.9 Å². The molecule has 1 fully saturated rings. The minimum atomic E-state index is -0.214. The van der Waals surface area contributed by atoms with Crippen LogP contribution < -0.4 is 5.32 Å². The van der Waals surface area contributed by atoms with Gasteiger partial charge in [-0.1, -0.05) is 60.1 Å². The van der Waals surface area contributed by atoms with Crippen LogP contribution in [0, 0.1) is 12.8 Å². The molecule has 0 saturated carbocycles. The number of likely N-dealkylation sites (tertiary alicyclic amines) is 1. The molecule has 1 aliphatic heterocycles. The Labute approximate surface area is 181 Å². The SMILES string of the molecule is Cc1c(Cl)cccc1NC(=O)[C@@H]1CCCN(C(=O)Cc2cccc3ccccc23)C1. The lowest BCUT2D eigenvalue weighted by molar-refractivity contribution is -0.133. The molecule has 154 valence electrons. The molecule has 1 atom stereocenters. The Morgan fingerprint density at radius 3 is 2.70 bits per heavy atom. The van der Waals surface area contributed by atoms with Gasteiger partial charge in [0.25, 0.3) is 0 Å². The predicted molar refractivity (Wildman–Crippen MR) is 122 cm³/mol. The van der Waals surface area contributed by atoms with Crippen molar-refractivity contribution in [2.24, 2.45) is 5.92 Å². The van der Waals surface area contributed by atoms with E-state index in [1.807, 2.05) is 48.2 Å². The Balaban J connectivity index is 1.43. The standard InChI is InChI=1S/C25H25ClN2O2/c1-17-22(26)12-5-13-23(17)27-25(30)20-10-6-14-28(16-20)24(29)15-19-9-4-8-18-7-2-3-11-21(18)19/h2-5,7-9,11-13,20H,6,10,14-16H2,1H3,(H,27,30)/t20-/m1/s1. The molecule has 0 aliphatic carbocycles. The molecule has 0 aromatic heterocycles. The van der Waals surface area contributed by atoms with Crippen molar-refractivity contribution in [2.75, 3.05) is 18.4 Å². The van der Waals surface area contributed by atoms with Gasteiger partial charge in [0.15, 0.2) is 0 Å². The molecule has 3 aromatic carbocycles. The number of rotatable bonds is 4. The first-order chi connectivity index (χ1) is 14.5. The van der Waals surface area contributed by atoms with E-state index in [1.54, 1.807) is 6.07 Å². The second kappa shape index (κ2) is 8.88. The van der Waals surface area contributed by atoms with Crippen LogP contribution in [-0.4, -0.2) is 29.8 Å². The zero-order chi connectivity index (χ0) is 21.1. The molecule has 0 unspecified atom stereocenters. The number of nitrogens with zero attached hydrogens (tertiary/aromatic N) is 1. The summed E-state index contributed by atoms with van der Waals surface area (Å²) in [5.74, 6) is -0.195. The highest BCUT2D eigenvalue weighted by atomic mass is 35.5. The first kappa shape index (κ1) is 20.4. The van der Waals surface area contributed by atoms with Crippen LogP contribution in [-0.2, 0) is 16.0 Å². The lowest BCUT2D eigenvalue weighted by Gasteiger charge is -2.32. The average Bonchev–Trinajstić information content (AvgIpc) is 2.77. The lowest BCUT2D eigenvalue weighted by atomic mass is 9.95. The third-order valence-electron chi connectivity index (χ3n) is 5.89. The number of hydrogen-bond acceptors (Lipinski definition) is 2. The zero-order valence-corrected chi connectivity index (χ0v) is 17.8. The number of carbonyl (C=O) groups is 2. The number of piperidine rings is 1. The summed E-state index contributed by atoms with van der Waals surface area (Å²) in [4.78, 5) is 27.7. The molecular formula is C25H25ClN2O2. The molecule has 1 saturated heterocycles. The molecule has 0 radical (unpaired) electrons. The Morgan fingerprint density at radius 2 is 1.83 bits per heavy atom. The first-order valence-electron chi connectivity index (χ1n) is 10.3. The summed E-state index contributed by atoms with van der Waals surface area (Å²) in [7, 11) is 0. The van der Waals surface area contributed by atoms with Crippen LogP contribution in [0.15, 0.2) is 60.7 Å². The van der Waals surface area contributed by atoms with Crippen molar-refractivity contribution < 1.29 is 9.59 Å². The van der Waals surface area contributed by atoms with Crippen LogP contribution in [0.25, 0.3) is 10.8 Å². The highest BCUT2D eigenvalue weighted by Gasteiger charge is 2.29. The van der Waals surface area contributed by atoms with Gasteiger partial charge in [0.05, 0.1) is 12.3 Å². The Bertz CT molecular complexity index is 1090. The summed E-state index contributed by atoms with van der Waals surface area (Å²) in [5, 5.41) is 5.86. The molecule has 1 N–H and O–H groups in total. The number of benzene rings is 3. The Kier molecular flexibility index (Phi) is 6.05. The molecule has 3 aromatic rings. The average molecular weight is 421 g/mol. The second-order valence-corrected chi connectivity index (χ2v) is 8.30. The molecule has 0 spiro atoms.